The molecule has 25 heavy (non-hydrogen) atoms. The van der Waals surface area contributed by atoms with Crippen LogP contribution in [-0.4, -0.2) is 43.9 Å². The van der Waals surface area contributed by atoms with Crippen LogP contribution in [0.4, 0.5) is 0 Å². The highest BCUT2D eigenvalue weighted by Gasteiger charge is 2.31. The molecule has 0 aromatic carbocycles. The summed E-state index contributed by atoms with van der Waals surface area (Å²) in [5.41, 5.74) is 5.58. The maximum Gasteiger partial charge on any atom is 0.267 e. The number of nitrogens with one attached hydrogen (secondary N) is 2. The minimum absolute atomic E-state index is 0.0112. The zero-order valence-corrected chi connectivity index (χ0v) is 13.0. The van der Waals surface area contributed by atoms with Crippen LogP contribution in [0.3, 0.4) is 0 Å². The van der Waals surface area contributed by atoms with Gasteiger partial charge in [-0.05, 0) is 6.42 Å². The molecule has 11 nitrogen and oxygen atoms in total. The zero-order chi connectivity index (χ0) is 17.8. The molecule has 11 heteroatoms. The Kier molecular flexibility index (Phi) is 4.64. The average molecular weight is 345 g/mol. The van der Waals surface area contributed by atoms with Crippen LogP contribution in [0.1, 0.15) is 31.2 Å². The van der Waals surface area contributed by atoms with Gasteiger partial charge in [-0.1, -0.05) is 0 Å². The SMILES string of the molecule is NC(=O)C[C@H](NC(=O)[C@@H]1CCC(=O)N1)c1nnc(-c2cnccn2)o1. The quantitative estimate of drug-likeness (QED) is 0.589. The van der Waals surface area contributed by atoms with Crippen molar-refractivity contribution in [2.45, 2.75) is 31.3 Å². The highest BCUT2D eigenvalue weighted by atomic mass is 16.4. The van der Waals surface area contributed by atoms with E-state index in [4.69, 9.17) is 10.2 Å². The Morgan fingerprint density at radius 3 is 2.88 bits per heavy atom. The fourth-order valence-corrected chi connectivity index (χ4v) is 2.37. The van der Waals surface area contributed by atoms with Gasteiger partial charge in [0.2, 0.25) is 23.6 Å². The molecule has 0 bridgehead atoms. The second-order valence-electron chi connectivity index (χ2n) is 5.43. The number of nitrogens with zero attached hydrogens (tertiary/aromatic N) is 4. The maximum atomic E-state index is 12.2. The molecule has 0 aliphatic carbocycles. The molecule has 2 aromatic rings. The molecule has 1 aliphatic heterocycles. The van der Waals surface area contributed by atoms with Gasteiger partial charge in [-0.3, -0.25) is 19.4 Å². The van der Waals surface area contributed by atoms with E-state index in [1.54, 1.807) is 0 Å². The Morgan fingerprint density at radius 1 is 1.40 bits per heavy atom. The number of carbonyl (C=O) groups excluding carboxylic acids is 3. The van der Waals surface area contributed by atoms with Gasteiger partial charge in [0.1, 0.15) is 17.8 Å². The van der Waals surface area contributed by atoms with Crippen LogP contribution >= 0.6 is 0 Å². The Bertz CT molecular complexity index is 791. The van der Waals surface area contributed by atoms with Crippen molar-refractivity contribution in [2.75, 3.05) is 0 Å². The van der Waals surface area contributed by atoms with Gasteiger partial charge in [0, 0.05) is 18.8 Å². The van der Waals surface area contributed by atoms with Crippen molar-refractivity contribution in [3.05, 3.63) is 24.5 Å². The molecule has 3 heterocycles. The number of carbonyl (C=O) groups is 3. The van der Waals surface area contributed by atoms with Gasteiger partial charge >= 0.3 is 0 Å². The van der Waals surface area contributed by atoms with Gasteiger partial charge in [0.05, 0.1) is 12.6 Å². The van der Waals surface area contributed by atoms with E-state index in [1.807, 2.05) is 0 Å². The van der Waals surface area contributed by atoms with Gasteiger partial charge in [-0.15, -0.1) is 10.2 Å². The second-order valence-corrected chi connectivity index (χ2v) is 5.43. The van der Waals surface area contributed by atoms with Crippen molar-refractivity contribution in [1.82, 2.24) is 30.8 Å². The minimum atomic E-state index is -0.902. The number of nitrogens with two attached hydrogens (primary N) is 1. The Morgan fingerprint density at radius 2 is 2.24 bits per heavy atom. The van der Waals surface area contributed by atoms with E-state index in [2.05, 4.69) is 30.8 Å². The van der Waals surface area contributed by atoms with Gasteiger partial charge in [-0.25, -0.2) is 4.98 Å². The predicted molar refractivity (Wildman–Crippen MR) is 81.2 cm³/mol. The van der Waals surface area contributed by atoms with E-state index in [0.29, 0.717) is 12.1 Å². The van der Waals surface area contributed by atoms with E-state index in [-0.39, 0.29) is 30.5 Å². The largest absolute Gasteiger partial charge is 0.417 e. The summed E-state index contributed by atoms with van der Waals surface area (Å²) >= 11 is 0. The van der Waals surface area contributed by atoms with Gasteiger partial charge in [0.15, 0.2) is 0 Å². The van der Waals surface area contributed by atoms with Crippen molar-refractivity contribution >= 4 is 17.7 Å². The first kappa shape index (κ1) is 16.5. The van der Waals surface area contributed by atoms with E-state index in [1.165, 1.54) is 18.6 Å². The second kappa shape index (κ2) is 7.03. The molecule has 3 rings (SSSR count). The Hall–Kier alpha value is -3.37. The number of hydrogen-bond donors (Lipinski definition) is 3. The van der Waals surface area contributed by atoms with E-state index in [0.717, 1.165) is 0 Å². The molecular weight excluding hydrogens is 330 g/mol. The monoisotopic (exact) mass is 345 g/mol. The van der Waals surface area contributed by atoms with Crippen LogP contribution < -0.4 is 16.4 Å². The molecule has 4 N–H and O–H groups in total. The molecule has 1 saturated heterocycles. The molecule has 0 spiro atoms. The van der Waals surface area contributed by atoms with Crippen LogP contribution in [0, 0.1) is 0 Å². The summed E-state index contributed by atoms with van der Waals surface area (Å²) in [7, 11) is 0. The number of hydrogen-bond acceptors (Lipinski definition) is 8. The number of rotatable bonds is 6. The highest BCUT2D eigenvalue weighted by Crippen LogP contribution is 2.21. The molecule has 0 radical (unpaired) electrons. The molecule has 0 saturated carbocycles. The third kappa shape index (κ3) is 3.94. The van der Waals surface area contributed by atoms with Crippen molar-refractivity contribution < 1.29 is 18.8 Å². The van der Waals surface area contributed by atoms with Gasteiger partial charge in [0.25, 0.3) is 5.89 Å². The molecule has 0 unspecified atom stereocenters. The fraction of sp³-hybridized carbons (Fsp3) is 0.357. The van der Waals surface area contributed by atoms with Crippen molar-refractivity contribution in [2.24, 2.45) is 5.73 Å². The smallest absolute Gasteiger partial charge is 0.267 e. The number of aromatic nitrogens is 4. The molecule has 2 atom stereocenters. The maximum absolute atomic E-state index is 12.2. The fourth-order valence-electron chi connectivity index (χ4n) is 2.37. The summed E-state index contributed by atoms with van der Waals surface area (Å²) in [5, 5.41) is 12.8. The normalized spacial score (nSPS) is 17.8. The molecular formula is C14H15N7O4. The summed E-state index contributed by atoms with van der Waals surface area (Å²) in [6, 6.07) is -1.56. The summed E-state index contributed by atoms with van der Waals surface area (Å²) < 4.78 is 5.48. The summed E-state index contributed by atoms with van der Waals surface area (Å²) in [6.45, 7) is 0. The summed E-state index contributed by atoms with van der Waals surface area (Å²) in [4.78, 5) is 42.7. The van der Waals surface area contributed by atoms with Crippen molar-refractivity contribution in [3.63, 3.8) is 0 Å². The van der Waals surface area contributed by atoms with Crippen LogP contribution in [0.15, 0.2) is 23.0 Å². The third-order valence-corrected chi connectivity index (χ3v) is 3.55. The first-order valence-corrected chi connectivity index (χ1v) is 7.51. The van der Waals surface area contributed by atoms with Crippen LogP contribution in [-0.2, 0) is 14.4 Å². The molecule has 1 fully saturated rings. The van der Waals surface area contributed by atoms with Crippen LogP contribution in [0.2, 0.25) is 0 Å². The molecule has 3 amide bonds. The van der Waals surface area contributed by atoms with E-state index < -0.39 is 23.9 Å². The summed E-state index contributed by atoms with van der Waals surface area (Å²) in [6.07, 6.45) is 4.82. The lowest BCUT2D eigenvalue weighted by atomic mass is 10.1. The lowest BCUT2D eigenvalue weighted by molar-refractivity contribution is -0.127. The van der Waals surface area contributed by atoms with Gasteiger partial charge < -0.3 is 20.8 Å². The first-order valence-electron chi connectivity index (χ1n) is 7.51. The number of primary amides is 1. The Balaban J connectivity index is 1.76. The molecule has 2 aromatic heterocycles. The van der Waals surface area contributed by atoms with Crippen LogP contribution in [0.5, 0.6) is 0 Å². The highest BCUT2D eigenvalue weighted by molar-refractivity contribution is 5.91. The Labute approximate surface area is 141 Å². The van der Waals surface area contributed by atoms with Crippen molar-refractivity contribution in [1.29, 1.82) is 0 Å². The lowest BCUT2D eigenvalue weighted by Crippen LogP contribution is -2.43. The van der Waals surface area contributed by atoms with E-state index in [9.17, 15) is 14.4 Å². The zero-order valence-electron chi connectivity index (χ0n) is 13.0. The third-order valence-electron chi connectivity index (χ3n) is 3.55. The number of amides is 3. The topological polar surface area (TPSA) is 166 Å². The van der Waals surface area contributed by atoms with Gasteiger partial charge in [-0.2, -0.15) is 0 Å². The average Bonchev–Trinajstić information content (AvgIpc) is 3.24. The lowest BCUT2D eigenvalue weighted by Gasteiger charge is -2.16. The summed E-state index contributed by atoms with van der Waals surface area (Å²) in [5.74, 6) is -1.19. The molecule has 1 aliphatic rings. The molecule has 130 valence electrons. The first-order chi connectivity index (χ1) is 12.0. The van der Waals surface area contributed by atoms with Crippen molar-refractivity contribution in [3.8, 4) is 11.6 Å². The standard InChI is InChI=1S/C14H15N7O4/c15-10(22)5-8(19-12(24)7-1-2-11(23)18-7)13-20-21-14(25-13)9-6-16-3-4-17-9/h3-4,6-8H,1-2,5H2,(H2,15,22)(H,18,23)(H,19,24)/t7-,8-/m0/s1. The minimum Gasteiger partial charge on any atom is -0.417 e. The predicted octanol–water partition coefficient (Wildman–Crippen LogP) is -1.16. The van der Waals surface area contributed by atoms with Crippen LogP contribution in [0.25, 0.3) is 11.6 Å². The van der Waals surface area contributed by atoms with E-state index >= 15 is 0 Å².